The standard InChI is InChI=1S/C9H11F3O/c1-5(4-13)6-2-7(10)9(12)8(11)3-6/h2,5,8,13H,3-4H2,1H3. The molecule has 0 heterocycles. The van der Waals surface area contributed by atoms with Crippen LogP contribution in [0.25, 0.3) is 0 Å². The minimum absolute atomic E-state index is 0.166. The monoisotopic (exact) mass is 192 g/mol. The van der Waals surface area contributed by atoms with Crippen LogP contribution in [0.4, 0.5) is 13.2 Å². The first-order chi connectivity index (χ1) is 6.06. The van der Waals surface area contributed by atoms with Crippen molar-refractivity contribution in [3.63, 3.8) is 0 Å². The average molecular weight is 192 g/mol. The molecule has 0 aromatic carbocycles. The Bertz CT molecular complexity index is 258. The van der Waals surface area contributed by atoms with Gasteiger partial charge in [-0.25, -0.2) is 13.2 Å². The average Bonchev–Trinajstić information content (AvgIpc) is 2.12. The van der Waals surface area contributed by atoms with Crippen molar-refractivity contribution in [3.05, 3.63) is 23.3 Å². The summed E-state index contributed by atoms with van der Waals surface area (Å²) in [5.41, 5.74) is 0.411. The van der Waals surface area contributed by atoms with Crippen LogP contribution < -0.4 is 0 Å². The van der Waals surface area contributed by atoms with Gasteiger partial charge in [0, 0.05) is 18.9 Å². The number of allylic oxidation sites excluding steroid dienone is 3. The maximum absolute atomic E-state index is 12.8. The topological polar surface area (TPSA) is 20.2 Å². The van der Waals surface area contributed by atoms with Crippen LogP contribution in [0.3, 0.4) is 0 Å². The van der Waals surface area contributed by atoms with Gasteiger partial charge in [-0.3, -0.25) is 0 Å². The Morgan fingerprint density at radius 1 is 1.62 bits per heavy atom. The van der Waals surface area contributed by atoms with Gasteiger partial charge in [0.2, 0.25) is 0 Å². The molecule has 0 radical (unpaired) electrons. The van der Waals surface area contributed by atoms with E-state index in [1.807, 2.05) is 0 Å². The van der Waals surface area contributed by atoms with E-state index in [0.717, 1.165) is 6.08 Å². The van der Waals surface area contributed by atoms with E-state index < -0.39 is 17.8 Å². The molecule has 0 fully saturated rings. The van der Waals surface area contributed by atoms with E-state index in [1.54, 1.807) is 6.92 Å². The van der Waals surface area contributed by atoms with Gasteiger partial charge < -0.3 is 5.11 Å². The fourth-order valence-electron chi connectivity index (χ4n) is 1.20. The van der Waals surface area contributed by atoms with Crippen LogP contribution in [0.15, 0.2) is 23.3 Å². The van der Waals surface area contributed by atoms with Crippen molar-refractivity contribution < 1.29 is 18.3 Å². The van der Waals surface area contributed by atoms with Crippen molar-refractivity contribution in [1.29, 1.82) is 0 Å². The number of hydrogen-bond donors (Lipinski definition) is 1. The summed E-state index contributed by atoms with van der Waals surface area (Å²) >= 11 is 0. The van der Waals surface area contributed by atoms with Crippen molar-refractivity contribution in [1.82, 2.24) is 0 Å². The van der Waals surface area contributed by atoms with Gasteiger partial charge in [0.05, 0.1) is 0 Å². The summed E-state index contributed by atoms with van der Waals surface area (Å²) in [5.74, 6) is -2.82. The quantitative estimate of drug-likeness (QED) is 0.712. The van der Waals surface area contributed by atoms with Gasteiger partial charge in [-0.15, -0.1) is 0 Å². The van der Waals surface area contributed by atoms with Gasteiger partial charge >= 0.3 is 0 Å². The van der Waals surface area contributed by atoms with Crippen LogP contribution >= 0.6 is 0 Å². The Labute approximate surface area is 74.6 Å². The van der Waals surface area contributed by atoms with Gasteiger partial charge in [-0.1, -0.05) is 12.5 Å². The second kappa shape index (κ2) is 3.96. The summed E-state index contributed by atoms with van der Waals surface area (Å²) in [6.07, 6.45) is -1.10. The second-order valence-corrected chi connectivity index (χ2v) is 3.17. The van der Waals surface area contributed by atoms with Crippen molar-refractivity contribution in [2.75, 3.05) is 6.61 Å². The van der Waals surface area contributed by atoms with Crippen LogP contribution in [0, 0.1) is 5.92 Å². The largest absolute Gasteiger partial charge is 0.396 e. The van der Waals surface area contributed by atoms with Gasteiger partial charge in [0.15, 0.2) is 17.8 Å². The third-order valence-corrected chi connectivity index (χ3v) is 2.14. The summed E-state index contributed by atoms with van der Waals surface area (Å²) < 4.78 is 38.0. The number of aliphatic hydroxyl groups excluding tert-OH is 1. The number of hydrogen-bond acceptors (Lipinski definition) is 1. The van der Waals surface area contributed by atoms with Crippen molar-refractivity contribution in [2.45, 2.75) is 19.5 Å². The molecule has 1 aliphatic rings. The maximum Gasteiger partial charge on any atom is 0.170 e. The van der Waals surface area contributed by atoms with E-state index in [-0.39, 0.29) is 18.9 Å². The molecular formula is C9H11F3O. The molecule has 0 bridgehead atoms. The molecular weight excluding hydrogens is 181 g/mol. The van der Waals surface area contributed by atoms with Gasteiger partial charge in [0.25, 0.3) is 0 Å². The highest BCUT2D eigenvalue weighted by Crippen LogP contribution is 2.31. The summed E-state index contributed by atoms with van der Waals surface area (Å²) in [4.78, 5) is 0. The Hall–Kier alpha value is -0.770. The first kappa shape index (κ1) is 10.3. The zero-order chi connectivity index (χ0) is 10.0. The Balaban J connectivity index is 2.86. The zero-order valence-corrected chi connectivity index (χ0v) is 7.23. The predicted octanol–water partition coefficient (Wildman–Crippen LogP) is 2.43. The molecule has 0 saturated carbocycles. The Kier molecular flexibility index (Phi) is 3.14. The van der Waals surface area contributed by atoms with Gasteiger partial charge in [0.1, 0.15) is 0 Å². The molecule has 2 atom stereocenters. The smallest absolute Gasteiger partial charge is 0.170 e. The van der Waals surface area contributed by atoms with Crippen LogP contribution in [0.2, 0.25) is 0 Å². The van der Waals surface area contributed by atoms with E-state index in [9.17, 15) is 13.2 Å². The van der Waals surface area contributed by atoms with Crippen molar-refractivity contribution in [3.8, 4) is 0 Å². The lowest BCUT2D eigenvalue weighted by molar-refractivity contribution is 0.240. The molecule has 1 rings (SSSR count). The molecule has 0 aromatic heterocycles. The highest BCUT2D eigenvalue weighted by molar-refractivity contribution is 5.30. The molecule has 4 heteroatoms. The van der Waals surface area contributed by atoms with Crippen LogP contribution in [-0.4, -0.2) is 17.9 Å². The third kappa shape index (κ3) is 2.12. The first-order valence-corrected chi connectivity index (χ1v) is 4.06. The first-order valence-electron chi connectivity index (χ1n) is 4.06. The molecule has 0 amide bonds. The van der Waals surface area contributed by atoms with Crippen LogP contribution in [-0.2, 0) is 0 Å². The van der Waals surface area contributed by atoms with Crippen molar-refractivity contribution >= 4 is 0 Å². The molecule has 2 unspecified atom stereocenters. The lowest BCUT2D eigenvalue weighted by atomic mass is 9.92. The number of halogens is 3. The van der Waals surface area contributed by atoms with E-state index in [1.165, 1.54) is 0 Å². The lowest BCUT2D eigenvalue weighted by Crippen LogP contribution is -2.15. The second-order valence-electron chi connectivity index (χ2n) is 3.17. The Morgan fingerprint density at radius 3 is 2.69 bits per heavy atom. The SMILES string of the molecule is CC(CO)C1=CC(F)=C(F)C(F)C1. The molecule has 0 spiro atoms. The molecule has 0 aliphatic heterocycles. The number of alkyl halides is 1. The predicted molar refractivity (Wildman–Crippen MR) is 43.1 cm³/mol. The third-order valence-electron chi connectivity index (χ3n) is 2.14. The minimum atomic E-state index is -1.89. The maximum atomic E-state index is 12.8. The van der Waals surface area contributed by atoms with Crippen molar-refractivity contribution in [2.24, 2.45) is 5.92 Å². The molecule has 0 saturated heterocycles. The fraction of sp³-hybridized carbons (Fsp3) is 0.556. The highest BCUT2D eigenvalue weighted by atomic mass is 19.2. The zero-order valence-electron chi connectivity index (χ0n) is 7.23. The summed E-state index contributed by atoms with van der Waals surface area (Å²) in [7, 11) is 0. The van der Waals surface area contributed by atoms with E-state index in [2.05, 4.69) is 0 Å². The molecule has 0 aromatic rings. The van der Waals surface area contributed by atoms with Gasteiger partial charge in [-0.2, -0.15) is 0 Å². The minimum Gasteiger partial charge on any atom is -0.396 e. The number of aliphatic hydroxyl groups is 1. The van der Waals surface area contributed by atoms with Crippen LogP contribution in [0.1, 0.15) is 13.3 Å². The molecule has 1 N–H and O–H groups in total. The van der Waals surface area contributed by atoms with E-state index in [0.29, 0.717) is 5.57 Å². The summed E-state index contributed by atoms with van der Waals surface area (Å²) in [6.45, 7) is 1.45. The Morgan fingerprint density at radius 2 is 2.23 bits per heavy atom. The van der Waals surface area contributed by atoms with Crippen LogP contribution in [0.5, 0.6) is 0 Å². The fourth-order valence-corrected chi connectivity index (χ4v) is 1.20. The van der Waals surface area contributed by atoms with Gasteiger partial charge in [-0.05, 0) is 6.08 Å². The molecule has 1 nitrogen and oxygen atoms in total. The molecule has 74 valence electrons. The van der Waals surface area contributed by atoms with E-state index in [4.69, 9.17) is 5.11 Å². The highest BCUT2D eigenvalue weighted by Gasteiger charge is 2.26. The lowest BCUT2D eigenvalue weighted by Gasteiger charge is -2.19. The summed E-state index contributed by atoms with van der Waals surface area (Å²) in [5, 5.41) is 8.73. The number of rotatable bonds is 2. The molecule has 1 aliphatic carbocycles. The molecule has 13 heavy (non-hydrogen) atoms. The summed E-state index contributed by atoms with van der Waals surface area (Å²) in [6, 6.07) is 0. The normalized spacial score (nSPS) is 25.9. The van der Waals surface area contributed by atoms with E-state index >= 15 is 0 Å².